The van der Waals surface area contributed by atoms with E-state index in [9.17, 15) is 9.59 Å². The average Bonchev–Trinajstić information content (AvgIpc) is 2.57. The molecular formula is C16H17N5O2. The van der Waals surface area contributed by atoms with E-state index >= 15 is 0 Å². The van der Waals surface area contributed by atoms with Crippen molar-refractivity contribution in [3.8, 4) is 0 Å². The number of benzene rings is 1. The van der Waals surface area contributed by atoms with Crippen molar-refractivity contribution in [3.63, 3.8) is 0 Å². The molecule has 0 saturated heterocycles. The van der Waals surface area contributed by atoms with Crippen molar-refractivity contribution in [2.24, 2.45) is 14.1 Å². The minimum Gasteiger partial charge on any atom is -0.364 e. The van der Waals surface area contributed by atoms with Crippen LogP contribution in [0, 0.1) is 6.92 Å². The van der Waals surface area contributed by atoms with Crippen molar-refractivity contribution in [2.75, 3.05) is 5.32 Å². The Kier molecular flexibility index (Phi) is 3.69. The van der Waals surface area contributed by atoms with Crippen LogP contribution in [-0.2, 0) is 20.6 Å². The fourth-order valence-corrected chi connectivity index (χ4v) is 2.40. The first-order valence-corrected chi connectivity index (χ1v) is 7.21. The summed E-state index contributed by atoms with van der Waals surface area (Å²) in [6, 6.07) is 9.87. The summed E-state index contributed by atoms with van der Waals surface area (Å²) in [6.45, 7) is 2.37. The molecule has 0 fully saturated rings. The maximum absolute atomic E-state index is 12.3. The van der Waals surface area contributed by atoms with Crippen molar-refractivity contribution in [3.05, 3.63) is 62.4 Å². The summed E-state index contributed by atoms with van der Waals surface area (Å²) in [4.78, 5) is 33.0. The van der Waals surface area contributed by atoms with Gasteiger partial charge in [0.05, 0.1) is 5.69 Å². The minimum absolute atomic E-state index is 0.177. The lowest BCUT2D eigenvalue weighted by molar-refractivity contribution is 0.703. The summed E-state index contributed by atoms with van der Waals surface area (Å²) >= 11 is 0. The molecule has 7 heteroatoms. The Morgan fingerprint density at radius 1 is 1.04 bits per heavy atom. The third-order valence-corrected chi connectivity index (χ3v) is 3.75. The van der Waals surface area contributed by atoms with Gasteiger partial charge in [-0.2, -0.15) is 0 Å². The molecule has 1 N–H and O–H groups in total. The molecule has 0 bridgehead atoms. The molecule has 118 valence electrons. The van der Waals surface area contributed by atoms with Crippen molar-refractivity contribution in [1.82, 2.24) is 19.1 Å². The van der Waals surface area contributed by atoms with E-state index in [-0.39, 0.29) is 5.52 Å². The lowest BCUT2D eigenvalue weighted by Gasteiger charge is -2.11. The first-order valence-electron chi connectivity index (χ1n) is 7.21. The van der Waals surface area contributed by atoms with Crippen LogP contribution in [0.2, 0.25) is 0 Å². The quantitative estimate of drug-likeness (QED) is 0.779. The van der Waals surface area contributed by atoms with Crippen LogP contribution in [0.4, 0.5) is 5.82 Å². The standard InChI is InChI=1S/C16H17N5O2/c1-10-13(17-9-11-7-5-4-6-8-11)19-12-14(18-10)20(2)16(23)21(3)15(12)22/h4-8H,9H2,1-3H3,(H,17,19). The fourth-order valence-electron chi connectivity index (χ4n) is 2.40. The molecule has 3 rings (SSSR count). The maximum atomic E-state index is 12.3. The Labute approximate surface area is 132 Å². The van der Waals surface area contributed by atoms with E-state index in [1.807, 2.05) is 30.3 Å². The summed E-state index contributed by atoms with van der Waals surface area (Å²) in [5, 5.41) is 3.19. The molecule has 3 aromatic rings. The van der Waals surface area contributed by atoms with Gasteiger partial charge in [-0.3, -0.25) is 13.9 Å². The second-order valence-electron chi connectivity index (χ2n) is 5.37. The van der Waals surface area contributed by atoms with E-state index in [4.69, 9.17) is 0 Å². The summed E-state index contributed by atoms with van der Waals surface area (Å²) in [7, 11) is 3.01. The predicted octanol–water partition coefficient (Wildman–Crippen LogP) is 0.948. The van der Waals surface area contributed by atoms with Gasteiger partial charge in [-0.05, 0) is 12.5 Å². The Bertz CT molecular complexity index is 989. The normalized spacial score (nSPS) is 10.9. The lowest BCUT2D eigenvalue weighted by Crippen LogP contribution is -2.38. The highest BCUT2D eigenvalue weighted by molar-refractivity contribution is 5.71. The topological polar surface area (TPSA) is 81.8 Å². The Morgan fingerprint density at radius 2 is 1.74 bits per heavy atom. The van der Waals surface area contributed by atoms with Gasteiger partial charge < -0.3 is 5.32 Å². The van der Waals surface area contributed by atoms with Crippen molar-refractivity contribution in [1.29, 1.82) is 0 Å². The monoisotopic (exact) mass is 311 g/mol. The second-order valence-corrected chi connectivity index (χ2v) is 5.37. The predicted molar refractivity (Wildman–Crippen MR) is 88.5 cm³/mol. The Hall–Kier alpha value is -2.96. The molecule has 0 unspecified atom stereocenters. The molecule has 2 heterocycles. The molecule has 0 spiro atoms. The number of hydrogen-bond donors (Lipinski definition) is 1. The number of rotatable bonds is 3. The number of aromatic nitrogens is 4. The van der Waals surface area contributed by atoms with Gasteiger partial charge in [0.25, 0.3) is 5.56 Å². The van der Waals surface area contributed by atoms with Gasteiger partial charge >= 0.3 is 5.69 Å². The number of fused-ring (bicyclic) bond motifs is 1. The van der Waals surface area contributed by atoms with Gasteiger partial charge in [-0.25, -0.2) is 14.8 Å². The number of hydrogen-bond acceptors (Lipinski definition) is 5. The third kappa shape index (κ3) is 2.61. The van der Waals surface area contributed by atoms with E-state index in [2.05, 4.69) is 15.3 Å². The van der Waals surface area contributed by atoms with Crippen molar-refractivity contribution >= 4 is 17.0 Å². The molecular weight excluding hydrogens is 294 g/mol. The lowest BCUT2D eigenvalue weighted by atomic mass is 10.2. The van der Waals surface area contributed by atoms with Crippen LogP contribution < -0.4 is 16.6 Å². The van der Waals surface area contributed by atoms with Crippen molar-refractivity contribution < 1.29 is 0 Å². The third-order valence-electron chi connectivity index (χ3n) is 3.75. The zero-order valence-corrected chi connectivity index (χ0v) is 13.2. The van der Waals surface area contributed by atoms with Crippen LogP contribution in [0.3, 0.4) is 0 Å². The molecule has 0 aliphatic carbocycles. The number of nitrogens with zero attached hydrogens (tertiary/aromatic N) is 4. The van der Waals surface area contributed by atoms with Crippen LogP contribution >= 0.6 is 0 Å². The first kappa shape index (κ1) is 15.0. The molecule has 7 nitrogen and oxygen atoms in total. The zero-order valence-electron chi connectivity index (χ0n) is 13.2. The van der Waals surface area contributed by atoms with Crippen molar-refractivity contribution in [2.45, 2.75) is 13.5 Å². The van der Waals surface area contributed by atoms with E-state index in [0.717, 1.165) is 10.1 Å². The zero-order chi connectivity index (χ0) is 16.6. The fraction of sp³-hybridized carbons (Fsp3) is 0.250. The SMILES string of the molecule is Cc1nc2c(nc1NCc1ccccc1)c(=O)n(C)c(=O)n2C. The van der Waals surface area contributed by atoms with Crippen LogP contribution in [0.15, 0.2) is 39.9 Å². The van der Waals surface area contributed by atoms with Crippen LogP contribution in [0.25, 0.3) is 11.2 Å². The largest absolute Gasteiger partial charge is 0.364 e. The van der Waals surface area contributed by atoms with Crippen LogP contribution in [0.5, 0.6) is 0 Å². The number of anilines is 1. The molecule has 0 radical (unpaired) electrons. The molecule has 0 aliphatic rings. The molecule has 0 atom stereocenters. The van der Waals surface area contributed by atoms with Gasteiger partial charge in [0.15, 0.2) is 11.2 Å². The van der Waals surface area contributed by atoms with Crippen LogP contribution in [0.1, 0.15) is 11.3 Å². The number of nitrogens with one attached hydrogen (secondary N) is 1. The molecule has 23 heavy (non-hydrogen) atoms. The average molecular weight is 311 g/mol. The summed E-state index contributed by atoms with van der Waals surface area (Å²) in [5.74, 6) is 0.539. The first-order chi connectivity index (χ1) is 11.0. The smallest absolute Gasteiger partial charge is 0.332 e. The summed E-state index contributed by atoms with van der Waals surface area (Å²) in [5.41, 5.74) is 1.34. The van der Waals surface area contributed by atoms with E-state index in [0.29, 0.717) is 23.7 Å². The Balaban J connectivity index is 2.07. The second kappa shape index (κ2) is 5.68. The summed E-state index contributed by atoms with van der Waals surface area (Å²) in [6.07, 6.45) is 0. The van der Waals surface area contributed by atoms with Gasteiger partial charge in [0.2, 0.25) is 0 Å². The minimum atomic E-state index is -0.446. The molecule has 1 aromatic carbocycles. The number of aryl methyl sites for hydroxylation is 2. The highest BCUT2D eigenvalue weighted by Crippen LogP contribution is 2.13. The molecule has 2 aromatic heterocycles. The van der Waals surface area contributed by atoms with Gasteiger partial charge in [0, 0.05) is 20.6 Å². The summed E-state index contributed by atoms with van der Waals surface area (Å²) < 4.78 is 2.37. The Morgan fingerprint density at radius 3 is 2.43 bits per heavy atom. The molecule has 0 saturated carbocycles. The highest BCUT2D eigenvalue weighted by Gasteiger charge is 2.13. The highest BCUT2D eigenvalue weighted by atomic mass is 16.2. The maximum Gasteiger partial charge on any atom is 0.332 e. The van der Waals surface area contributed by atoms with E-state index in [1.54, 1.807) is 14.0 Å². The van der Waals surface area contributed by atoms with Gasteiger partial charge in [0.1, 0.15) is 5.82 Å². The molecule has 0 aliphatic heterocycles. The van der Waals surface area contributed by atoms with Gasteiger partial charge in [-0.1, -0.05) is 30.3 Å². The van der Waals surface area contributed by atoms with E-state index < -0.39 is 11.2 Å². The molecule has 0 amide bonds. The van der Waals surface area contributed by atoms with E-state index in [1.165, 1.54) is 11.6 Å². The van der Waals surface area contributed by atoms with Gasteiger partial charge in [-0.15, -0.1) is 0 Å². The van der Waals surface area contributed by atoms with Crippen LogP contribution in [-0.4, -0.2) is 19.1 Å².